The van der Waals surface area contributed by atoms with Crippen molar-refractivity contribution in [3.05, 3.63) is 24.0 Å². The average Bonchev–Trinajstić information content (AvgIpc) is 2.70. The summed E-state index contributed by atoms with van der Waals surface area (Å²) in [6, 6.07) is 1.86. The predicted octanol–water partition coefficient (Wildman–Crippen LogP) is 2.10. The molecule has 0 radical (unpaired) electrons. The Bertz CT molecular complexity index is 533. The monoisotopic (exact) mass is 219 g/mol. The van der Waals surface area contributed by atoms with Crippen LogP contribution < -0.4 is 0 Å². The topological polar surface area (TPSA) is 68.0 Å². The molecule has 84 valence electrons. The van der Waals surface area contributed by atoms with Gasteiger partial charge in [0, 0.05) is 11.6 Å². The average molecular weight is 219 g/mol. The van der Waals surface area contributed by atoms with Crippen molar-refractivity contribution < 1.29 is 9.90 Å². The maximum Gasteiger partial charge on any atom is 0.337 e. The van der Waals surface area contributed by atoms with Crippen LogP contribution in [0.4, 0.5) is 0 Å². The summed E-state index contributed by atoms with van der Waals surface area (Å²) >= 11 is 0. The van der Waals surface area contributed by atoms with Gasteiger partial charge < -0.3 is 5.11 Å². The molecule has 5 nitrogen and oxygen atoms in total. The second kappa shape index (κ2) is 3.92. The molecule has 5 heteroatoms. The van der Waals surface area contributed by atoms with Gasteiger partial charge in [0.05, 0.1) is 17.8 Å². The van der Waals surface area contributed by atoms with E-state index in [1.807, 2.05) is 4.68 Å². The van der Waals surface area contributed by atoms with Gasteiger partial charge in [0.15, 0.2) is 5.65 Å². The number of hydrogen-bond acceptors (Lipinski definition) is 3. The third-order valence-electron chi connectivity index (χ3n) is 2.69. The van der Waals surface area contributed by atoms with Crippen LogP contribution in [0.5, 0.6) is 0 Å². The Labute approximate surface area is 92.7 Å². The molecule has 0 aliphatic heterocycles. The summed E-state index contributed by atoms with van der Waals surface area (Å²) in [5.41, 5.74) is 0.926. The van der Waals surface area contributed by atoms with E-state index in [0.717, 1.165) is 17.5 Å². The van der Waals surface area contributed by atoms with Crippen molar-refractivity contribution in [1.82, 2.24) is 14.8 Å². The van der Waals surface area contributed by atoms with Gasteiger partial charge in [-0.05, 0) is 19.4 Å². The lowest BCUT2D eigenvalue weighted by atomic mass is 10.2. The molecule has 0 aromatic carbocycles. The first-order chi connectivity index (χ1) is 7.63. The molecule has 16 heavy (non-hydrogen) atoms. The molecule has 2 rings (SSSR count). The van der Waals surface area contributed by atoms with Crippen LogP contribution in [0.15, 0.2) is 18.5 Å². The zero-order valence-corrected chi connectivity index (χ0v) is 9.21. The third-order valence-corrected chi connectivity index (χ3v) is 2.69. The van der Waals surface area contributed by atoms with Crippen LogP contribution in [0.3, 0.4) is 0 Å². The Morgan fingerprint density at radius 2 is 2.31 bits per heavy atom. The van der Waals surface area contributed by atoms with E-state index in [-0.39, 0.29) is 11.6 Å². The summed E-state index contributed by atoms with van der Waals surface area (Å²) in [7, 11) is 0. The maximum atomic E-state index is 10.8. The number of carboxylic acid groups (broad SMARTS) is 1. The molecule has 0 saturated carbocycles. The molecule has 0 amide bonds. The smallest absolute Gasteiger partial charge is 0.337 e. The summed E-state index contributed by atoms with van der Waals surface area (Å²) in [4.78, 5) is 14.9. The summed E-state index contributed by atoms with van der Waals surface area (Å²) in [5, 5.41) is 13.8. The lowest BCUT2D eigenvalue weighted by Gasteiger charge is -2.09. The fraction of sp³-hybridized carbons (Fsp3) is 0.364. The number of aromatic carboxylic acids is 1. The van der Waals surface area contributed by atoms with E-state index in [2.05, 4.69) is 23.9 Å². The van der Waals surface area contributed by atoms with Crippen molar-refractivity contribution in [2.45, 2.75) is 26.3 Å². The zero-order valence-electron chi connectivity index (χ0n) is 9.21. The van der Waals surface area contributed by atoms with Crippen LogP contribution in [-0.4, -0.2) is 25.8 Å². The molecule has 0 aliphatic carbocycles. The van der Waals surface area contributed by atoms with E-state index in [1.54, 1.807) is 12.3 Å². The largest absolute Gasteiger partial charge is 0.478 e. The SMILES string of the molecule is CC[C@H](C)n1ncc2cc(C(=O)O)cnc21. The van der Waals surface area contributed by atoms with Crippen LogP contribution >= 0.6 is 0 Å². The van der Waals surface area contributed by atoms with Crippen LogP contribution in [0, 0.1) is 0 Å². The predicted molar refractivity (Wildman–Crippen MR) is 59.5 cm³/mol. The highest BCUT2D eigenvalue weighted by Gasteiger charge is 2.11. The third kappa shape index (κ3) is 1.64. The highest BCUT2D eigenvalue weighted by molar-refractivity contribution is 5.91. The van der Waals surface area contributed by atoms with Crippen LogP contribution in [0.1, 0.15) is 36.7 Å². The first kappa shape index (κ1) is 10.6. The van der Waals surface area contributed by atoms with E-state index in [4.69, 9.17) is 5.11 Å². The van der Waals surface area contributed by atoms with E-state index < -0.39 is 5.97 Å². The van der Waals surface area contributed by atoms with E-state index in [1.165, 1.54) is 6.20 Å². The van der Waals surface area contributed by atoms with E-state index >= 15 is 0 Å². The number of aromatic nitrogens is 3. The van der Waals surface area contributed by atoms with Gasteiger partial charge in [0.2, 0.25) is 0 Å². The molecule has 0 unspecified atom stereocenters. The van der Waals surface area contributed by atoms with Gasteiger partial charge in [-0.3, -0.25) is 0 Å². The molecule has 2 heterocycles. The zero-order chi connectivity index (χ0) is 11.7. The lowest BCUT2D eigenvalue weighted by Crippen LogP contribution is -2.06. The van der Waals surface area contributed by atoms with Crippen LogP contribution in [0.2, 0.25) is 0 Å². The van der Waals surface area contributed by atoms with Gasteiger partial charge in [-0.25, -0.2) is 14.5 Å². The van der Waals surface area contributed by atoms with E-state index in [9.17, 15) is 4.79 Å². The number of carboxylic acids is 1. The van der Waals surface area contributed by atoms with Crippen molar-refractivity contribution in [2.75, 3.05) is 0 Å². The molecule has 0 aliphatic rings. The highest BCUT2D eigenvalue weighted by Crippen LogP contribution is 2.18. The molecule has 0 bridgehead atoms. The molecule has 0 spiro atoms. The first-order valence-corrected chi connectivity index (χ1v) is 5.20. The number of rotatable bonds is 3. The Morgan fingerprint density at radius 3 is 2.94 bits per heavy atom. The summed E-state index contributed by atoms with van der Waals surface area (Å²) < 4.78 is 1.82. The second-order valence-corrected chi connectivity index (χ2v) is 3.79. The fourth-order valence-electron chi connectivity index (χ4n) is 1.55. The number of hydrogen-bond donors (Lipinski definition) is 1. The Morgan fingerprint density at radius 1 is 1.56 bits per heavy atom. The molecule has 2 aromatic heterocycles. The van der Waals surface area contributed by atoms with Crippen molar-refractivity contribution in [1.29, 1.82) is 0 Å². The normalized spacial score (nSPS) is 12.9. The molecule has 1 atom stereocenters. The second-order valence-electron chi connectivity index (χ2n) is 3.79. The van der Waals surface area contributed by atoms with Gasteiger partial charge in [0.1, 0.15) is 0 Å². The van der Waals surface area contributed by atoms with Gasteiger partial charge in [-0.2, -0.15) is 5.10 Å². The van der Waals surface area contributed by atoms with Crippen molar-refractivity contribution in [2.24, 2.45) is 0 Å². The Balaban J connectivity index is 2.54. The molecule has 1 N–H and O–H groups in total. The minimum Gasteiger partial charge on any atom is -0.478 e. The Hall–Kier alpha value is -1.91. The summed E-state index contributed by atoms with van der Waals surface area (Å²) in [5.74, 6) is -0.967. The van der Waals surface area contributed by atoms with Gasteiger partial charge in [-0.1, -0.05) is 6.92 Å². The minimum absolute atomic E-state index is 0.191. The van der Waals surface area contributed by atoms with E-state index in [0.29, 0.717) is 0 Å². The van der Waals surface area contributed by atoms with Gasteiger partial charge in [-0.15, -0.1) is 0 Å². The van der Waals surface area contributed by atoms with Crippen molar-refractivity contribution in [3.63, 3.8) is 0 Å². The van der Waals surface area contributed by atoms with Crippen molar-refractivity contribution >= 4 is 17.0 Å². The summed E-state index contributed by atoms with van der Waals surface area (Å²) in [6.07, 6.45) is 3.98. The molecule has 0 saturated heterocycles. The van der Waals surface area contributed by atoms with Gasteiger partial charge in [0.25, 0.3) is 0 Å². The summed E-state index contributed by atoms with van der Waals surface area (Å²) in [6.45, 7) is 4.13. The molecule has 2 aromatic rings. The fourth-order valence-corrected chi connectivity index (χ4v) is 1.55. The number of nitrogens with zero attached hydrogens (tertiary/aromatic N) is 3. The highest BCUT2D eigenvalue weighted by atomic mass is 16.4. The number of fused-ring (bicyclic) bond motifs is 1. The van der Waals surface area contributed by atoms with Crippen LogP contribution in [0.25, 0.3) is 11.0 Å². The minimum atomic E-state index is -0.967. The molecular weight excluding hydrogens is 206 g/mol. The van der Waals surface area contributed by atoms with Gasteiger partial charge >= 0.3 is 5.97 Å². The molecule has 0 fully saturated rings. The van der Waals surface area contributed by atoms with Crippen molar-refractivity contribution in [3.8, 4) is 0 Å². The lowest BCUT2D eigenvalue weighted by molar-refractivity contribution is 0.0696. The quantitative estimate of drug-likeness (QED) is 0.858. The standard InChI is InChI=1S/C11H13N3O2/c1-3-7(2)14-10-8(6-13-14)4-9(5-12-10)11(15)16/h4-7H,3H2,1-2H3,(H,15,16)/t7-/m0/s1. The maximum absolute atomic E-state index is 10.8. The Kier molecular flexibility index (Phi) is 2.60. The molecular formula is C11H13N3O2. The first-order valence-electron chi connectivity index (χ1n) is 5.20. The van der Waals surface area contributed by atoms with Crippen LogP contribution in [-0.2, 0) is 0 Å². The number of carbonyl (C=O) groups is 1. The number of pyridine rings is 1.